The Morgan fingerprint density at radius 1 is 1.54 bits per heavy atom. The molecule has 0 aromatic rings. The summed E-state index contributed by atoms with van der Waals surface area (Å²) in [5.74, 6) is 0.0231. The summed E-state index contributed by atoms with van der Waals surface area (Å²) < 4.78 is 0. The molecule has 0 radical (unpaired) electrons. The van der Waals surface area contributed by atoms with Crippen molar-refractivity contribution in [2.45, 2.75) is 44.9 Å². The lowest BCUT2D eigenvalue weighted by Gasteiger charge is -2.15. The molecule has 4 nitrogen and oxygen atoms in total. The van der Waals surface area contributed by atoms with E-state index in [4.69, 9.17) is 5.11 Å². The van der Waals surface area contributed by atoms with Crippen molar-refractivity contribution in [3.8, 4) is 0 Å². The molecule has 3 N–H and O–H groups in total. The number of carbonyl (C=O) groups excluding carboxylic acids is 1. The molecule has 1 aliphatic carbocycles. The lowest BCUT2D eigenvalue weighted by atomic mass is 10.2. The lowest BCUT2D eigenvalue weighted by Crippen LogP contribution is -2.42. The van der Waals surface area contributed by atoms with Crippen molar-refractivity contribution in [1.82, 2.24) is 10.6 Å². The SMILES string of the molecule is CC(O)C(C)NCC(=O)NC1CC1. The van der Waals surface area contributed by atoms with Gasteiger partial charge in [-0.25, -0.2) is 0 Å². The highest BCUT2D eigenvalue weighted by Crippen LogP contribution is 2.18. The summed E-state index contributed by atoms with van der Waals surface area (Å²) in [7, 11) is 0. The number of amides is 1. The fourth-order valence-corrected chi connectivity index (χ4v) is 0.931. The average Bonchev–Trinajstić information content (AvgIpc) is 2.83. The minimum atomic E-state index is -0.422. The molecule has 0 aromatic heterocycles. The van der Waals surface area contributed by atoms with Crippen LogP contribution in [-0.4, -0.2) is 35.7 Å². The molecule has 2 atom stereocenters. The largest absolute Gasteiger partial charge is 0.392 e. The Bertz CT molecular complexity index is 178. The summed E-state index contributed by atoms with van der Waals surface area (Å²) in [6, 6.07) is 0.376. The van der Waals surface area contributed by atoms with Crippen molar-refractivity contribution in [1.29, 1.82) is 0 Å². The highest BCUT2D eigenvalue weighted by Gasteiger charge is 2.23. The van der Waals surface area contributed by atoms with Crippen LogP contribution in [0.3, 0.4) is 0 Å². The van der Waals surface area contributed by atoms with Gasteiger partial charge in [0.2, 0.25) is 5.91 Å². The fourth-order valence-electron chi connectivity index (χ4n) is 0.931. The third-order valence-corrected chi connectivity index (χ3v) is 2.25. The van der Waals surface area contributed by atoms with Crippen LogP contribution in [0.25, 0.3) is 0 Å². The Balaban J connectivity index is 2.06. The summed E-state index contributed by atoms with van der Waals surface area (Å²) in [5, 5.41) is 15.0. The van der Waals surface area contributed by atoms with Crippen LogP contribution in [0.2, 0.25) is 0 Å². The maximum absolute atomic E-state index is 11.2. The predicted molar refractivity (Wildman–Crippen MR) is 50.3 cm³/mol. The molecule has 0 heterocycles. The fraction of sp³-hybridized carbons (Fsp3) is 0.889. The van der Waals surface area contributed by atoms with Crippen LogP contribution >= 0.6 is 0 Å². The Kier molecular flexibility index (Phi) is 3.69. The van der Waals surface area contributed by atoms with Gasteiger partial charge in [-0.05, 0) is 26.7 Å². The van der Waals surface area contributed by atoms with Gasteiger partial charge in [-0.15, -0.1) is 0 Å². The van der Waals surface area contributed by atoms with Crippen LogP contribution < -0.4 is 10.6 Å². The first-order valence-electron chi connectivity index (χ1n) is 4.80. The molecule has 0 spiro atoms. The van der Waals surface area contributed by atoms with E-state index in [-0.39, 0.29) is 11.9 Å². The van der Waals surface area contributed by atoms with Gasteiger partial charge < -0.3 is 15.7 Å². The lowest BCUT2D eigenvalue weighted by molar-refractivity contribution is -0.120. The maximum atomic E-state index is 11.2. The zero-order valence-electron chi connectivity index (χ0n) is 8.21. The van der Waals surface area contributed by atoms with Gasteiger partial charge in [-0.2, -0.15) is 0 Å². The van der Waals surface area contributed by atoms with Crippen LogP contribution in [0.5, 0.6) is 0 Å². The minimum Gasteiger partial charge on any atom is -0.392 e. The smallest absolute Gasteiger partial charge is 0.234 e. The van der Waals surface area contributed by atoms with Crippen LogP contribution in [0.1, 0.15) is 26.7 Å². The van der Waals surface area contributed by atoms with Crippen molar-refractivity contribution in [3.05, 3.63) is 0 Å². The van der Waals surface area contributed by atoms with E-state index in [2.05, 4.69) is 10.6 Å². The van der Waals surface area contributed by atoms with E-state index < -0.39 is 6.10 Å². The Morgan fingerprint density at radius 2 is 2.15 bits per heavy atom. The molecule has 0 aliphatic heterocycles. The number of hydrogen-bond donors (Lipinski definition) is 3. The van der Waals surface area contributed by atoms with Gasteiger partial charge in [-0.3, -0.25) is 4.79 Å². The molecule has 0 bridgehead atoms. The van der Waals surface area contributed by atoms with Crippen molar-refractivity contribution >= 4 is 5.91 Å². The van der Waals surface area contributed by atoms with E-state index in [1.807, 2.05) is 6.92 Å². The van der Waals surface area contributed by atoms with E-state index in [1.165, 1.54) is 0 Å². The van der Waals surface area contributed by atoms with Gasteiger partial charge in [0.25, 0.3) is 0 Å². The zero-order valence-corrected chi connectivity index (χ0v) is 8.21. The van der Waals surface area contributed by atoms with Gasteiger partial charge >= 0.3 is 0 Å². The average molecular weight is 186 g/mol. The van der Waals surface area contributed by atoms with Crippen molar-refractivity contribution in [2.75, 3.05) is 6.54 Å². The van der Waals surface area contributed by atoms with Crippen molar-refractivity contribution in [2.24, 2.45) is 0 Å². The van der Waals surface area contributed by atoms with E-state index in [0.29, 0.717) is 12.6 Å². The van der Waals surface area contributed by atoms with Gasteiger partial charge in [0.05, 0.1) is 12.6 Å². The molecular weight excluding hydrogens is 168 g/mol. The van der Waals surface area contributed by atoms with E-state index >= 15 is 0 Å². The third kappa shape index (κ3) is 4.24. The first-order chi connectivity index (χ1) is 6.09. The summed E-state index contributed by atoms with van der Waals surface area (Å²) in [4.78, 5) is 11.2. The van der Waals surface area contributed by atoms with Gasteiger partial charge in [0.1, 0.15) is 0 Å². The second-order valence-electron chi connectivity index (χ2n) is 3.75. The molecule has 76 valence electrons. The summed E-state index contributed by atoms with van der Waals surface area (Å²) in [6.07, 6.45) is 1.80. The Morgan fingerprint density at radius 3 is 2.62 bits per heavy atom. The van der Waals surface area contributed by atoms with Crippen molar-refractivity contribution < 1.29 is 9.90 Å². The topological polar surface area (TPSA) is 61.4 Å². The molecule has 4 heteroatoms. The summed E-state index contributed by atoms with van der Waals surface area (Å²) in [6.45, 7) is 3.86. The quantitative estimate of drug-likeness (QED) is 0.548. The third-order valence-electron chi connectivity index (χ3n) is 2.25. The molecule has 1 rings (SSSR count). The van der Waals surface area contributed by atoms with Gasteiger partial charge in [0.15, 0.2) is 0 Å². The second kappa shape index (κ2) is 4.58. The number of aliphatic hydroxyl groups excluding tert-OH is 1. The molecule has 0 saturated heterocycles. The molecular formula is C9H18N2O2. The molecule has 0 aromatic carbocycles. The monoisotopic (exact) mass is 186 g/mol. The van der Waals surface area contributed by atoms with E-state index in [1.54, 1.807) is 6.92 Å². The van der Waals surface area contributed by atoms with E-state index in [0.717, 1.165) is 12.8 Å². The summed E-state index contributed by atoms with van der Waals surface area (Å²) in [5.41, 5.74) is 0. The van der Waals surface area contributed by atoms with Crippen molar-refractivity contribution in [3.63, 3.8) is 0 Å². The van der Waals surface area contributed by atoms with Crippen LogP contribution in [-0.2, 0) is 4.79 Å². The number of hydrogen-bond acceptors (Lipinski definition) is 3. The maximum Gasteiger partial charge on any atom is 0.234 e. The molecule has 13 heavy (non-hydrogen) atoms. The van der Waals surface area contributed by atoms with Gasteiger partial charge in [-0.1, -0.05) is 0 Å². The predicted octanol–water partition coefficient (Wildman–Crippen LogP) is -0.376. The highest BCUT2D eigenvalue weighted by molar-refractivity contribution is 5.78. The normalized spacial score (nSPS) is 20.8. The molecule has 1 fully saturated rings. The number of aliphatic hydroxyl groups is 1. The minimum absolute atomic E-state index is 0.0231. The number of rotatable bonds is 5. The molecule has 2 unspecified atom stereocenters. The second-order valence-corrected chi connectivity index (χ2v) is 3.75. The first kappa shape index (κ1) is 10.5. The van der Waals surface area contributed by atoms with Gasteiger partial charge in [0, 0.05) is 12.1 Å². The Labute approximate surface area is 78.7 Å². The van der Waals surface area contributed by atoms with Crippen LogP contribution in [0, 0.1) is 0 Å². The molecule has 1 aliphatic rings. The zero-order chi connectivity index (χ0) is 9.84. The Hall–Kier alpha value is -0.610. The summed E-state index contributed by atoms with van der Waals surface area (Å²) >= 11 is 0. The first-order valence-corrected chi connectivity index (χ1v) is 4.80. The van der Waals surface area contributed by atoms with Crippen LogP contribution in [0.4, 0.5) is 0 Å². The number of nitrogens with one attached hydrogen (secondary N) is 2. The standard InChI is InChI=1S/C9H18N2O2/c1-6(7(2)12)10-5-9(13)11-8-3-4-8/h6-8,10,12H,3-5H2,1-2H3,(H,11,13). The van der Waals surface area contributed by atoms with E-state index in [9.17, 15) is 4.79 Å². The van der Waals surface area contributed by atoms with Crippen LogP contribution in [0.15, 0.2) is 0 Å². The number of carbonyl (C=O) groups is 1. The highest BCUT2D eigenvalue weighted by atomic mass is 16.3. The molecule has 1 saturated carbocycles. The molecule has 1 amide bonds.